The Hall–Kier alpha value is -1.38. The molecular formula is C7H6N2O. The van der Waals surface area contributed by atoms with E-state index in [-0.39, 0.29) is 5.91 Å². The first-order valence-corrected chi connectivity index (χ1v) is 3.12. The molecule has 50 valence electrons. The third-order valence-electron chi connectivity index (χ3n) is 1.52. The van der Waals surface area contributed by atoms with E-state index in [2.05, 4.69) is 5.10 Å². The Morgan fingerprint density at radius 3 is 3.30 bits per heavy atom. The van der Waals surface area contributed by atoms with Crippen molar-refractivity contribution in [1.82, 2.24) is 9.78 Å². The molecule has 3 nitrogen and oxygen atoms in total. The fourth-order valence-electron chi connectivity index (χ4n) is 1.03. The van der Waals surface area contributed by atoms with Crippen LogP contribution < -0.4 is 0 Å². The van der Waals surface area contributed by atoms with E-state index in [0.717, 1.165) is 12.1 Å². The van der Waals surface area contributed by atoms with Crippen LogP contribution in [-0.4, -0.2) is 15.7 Å². The van der Waals surface area contributed by atoms with Gasteiger partial charge in [0, 0.05) is 18.7 Å². The molecule has 1 aliphatic rings. The highest BCUT2D eigenvalue weighted by molar-refractivity contribution is 5.90. The van der Waals surface area contributed by atoms with E-state index >= 15 is 0 Å². The Bertz CT molecular complexity index is 298. The number of hydrogen-bond acceptors (Lipinski definition) is 2. The summed E-state index contributed by atoms with van der Waals surface area (Å²) in [4.78, 5) is 11.0. The molecular weight excluding hydrogens is 128 g/mol. The van der Waals surface area contributed by atoms with E-state index in [9.17, 15) is 4.79 Å². The molecule has 0 atom stereocenters. The fraction of sp³-hybridized carbons (Fsp3) is 0.143. The third kappa shape index (κ3) is 0.603. The largest absolute Gasteiger partial charge is 0.270 e. The van der Waals surface area contributed by atoms with Gasteiger partial charge in [-0.2, -0.15) is 5.10 Å². The molecule has 0 amide bonds. The van der Waals surface area contributed by atoms with Crippen molar-refractivity contribution in [3.8, 4) is 0 Å². The average molecular weight is 134 g/mol. The van der Waals surface area contributed by atoms with Gasteiger partial charge >= 0.3 is 0 Å². The highest BCUT2D eigenvalue weighted by Crippen LogP contribution is 2.05. The van der Waals surface area contributed by atoms with Crippen LogP contribution >= 0.6 is 0 Å². The van der Waals surface area contributed by atoms with Gasteiger partial charge in [-0.25, -0.2) is 4.68 Å². The molecule has 0 N–H and O–H groups in total. The van der Waals surface area contributed by atoms with Crippen molar-refractivity contribution >= 4 is 5.91 Å². The Morgan fingerprint density at radius 2 is 2.50 bits per heavy atom. The van der Waals surface area contributed by atoms with E-state index in [1.165, 1.54) is 4.68 Å². The molecule has 0 bridgehead atoms. The van der Waals surface area contributed by atoms with E-state index in [1.54, 1.807) is 12.3 Å². The maximum absolute atomic E-state index is 11.0. The number of aromatic nitrogens is 2. The van der Waals surface area contributed by atoms with Crippen LogP contribution in [0.4, 0.5) is 0 Å². The second-order valence-corrected chi connectivity index (χ2v) is 2.18. The zero-order valence-electron chi connectivity index (χ0n) is 5.32. The number of rotatable bonds is 0. The third-order valence-corrected chi connectivity index (χ3v) is 1.52. The monoisotopic (exact) mass is 134 g/mol. The van der Waals surface area contributed by atoms with Crippen LogP contribution in [0.5, 0.6) is 0 Å². The zero-order valence-corrected chi connectivity index (χ0v) is 5.32. The number of carbonyl (C=O) groups excluding carboxylic acids is 1. The molecule has 0 saturated heterocycles. The lowest BCUT2D eigenvalue weighted by molar-refractivity contribution is 0.0947. The molecule has 0 unspecified atom stereocenters. The lowest BCUT2D eigenvalue weighted by Crippen LogP contribution is -2.15. The smallest absolute Gasteiger partial charge is 0.267 e. The standard InChI is InChI=1S/C7H6N2O/c10-7-3-1-2-6-4-5-8-9(6)7/h1,3-5H,2H2. The summed E-state index contributed by atoms with van der Waals surface area (Å²) in [5.41, 5.74) is 0.965. The quantitative estimate of drug-likeness (QED) is 0.521. The van der Waals surface area contributed by atoms with Gasteiger partial charge in [-0.1, -0.05) is 6.08 Å². The maximum atomic E-state index is 11.0. The number of allylic oxidation sites excluding steroid dienone is 2. The SMILES string of the molecule is O=C1C=CCc2ccnn21. The van der Waals surface area contributed by atoms with Crippen LogP contribution in [0.3, 0.4) is 0 Å². The van der Waals surface area contributed by atoms with Gasteiger partial charge in [-0.3, -0.25) is 4.79 Å². The van der Waals surface area contributed by atoms with Gasteiger partial charge in [-0.05, 0) is 6.07 Å². The Labute approximate surface area is 58.0 Å². The van der Waals surface area contributed by atoms with Gasteiger partial charge in [0.15, 0.2) is 0 Å². The minimum atomic E-state index is -0.0498. The second kappa shape index (κ2) is 1.80. The van der Waals surface area contributed by atoms with Crippen molar-refractivity contribution in [2.24, 2.45) is 0 Å². The first-order chi connectivity index (χ1) is 4.88. The lowest BCUT2D eigenvalue weighted by Gasteiger charge is -2.04. The molecule has 0 aromatic carbocycles. The van der Waals surface area contributed by atoms with Crippen LogP contribution in [0.1, 0.15) is 10.5 Å². The predicted molar refractivity (Wildman–Crippen MR) is 35.7 cm³/mol. The summed E-state index contributed by atoms with van der Waals surface area (Å²) in [6.45, 7) is 0. The highest BCUT2D eigenvalue weighted by Gasteiger charge is 2.09. The van der Waals surface area contributed by atoms with Crippen molar-refractivity contribution in [2.45, 2.75) is 6.42 Å². The summed E-state index contributed by atoms with van der Waals surface area (Å²) in [7, 11) is 0. The van der Waals surface area contributed by atoms with Gasteiger partial charge in [-0.15, -0.1) is 0 Å². The molecule has 3 heteroatoms. The predicted octanol–water partition coefficient (Wildman–Crippen LogP) is 0.636. The van der Waals surface area contributed by atoms with Crippen molar-refractivity contribution in [3.63, 3.8) is 0 Å². The number of hydrogen-bond donors (Lipinski definition) is 0. The lowest BCUT2D eigenvalue weighted by atomic mass is 10.2. The first kappa shape index (κ1) is 5.41. The molecule has 10 heavy (non-hydrogen) atoms. The van der Waals surface area contributed by atoms with Crippen molar-refractivity contribution in [2.75, 3.05) is 0 Å². The average Bonchev–Trinajstić information content (AvgIpc) is 2.36. The summed E-state index contributed by atoms with van der Waals surface area (Å²) in [5.74, 6) is -0.0498. The fourth-order valence-corrected chi connectivity index (χ4v) is 1.03. The van der Waals surface area contributed by atoms with E-state index < -0.39 is 0 Å². The number of carbonyl (C=O) groups is 1. The number of nitrogens with zero attached hydrogens (tertiary/aromatic N) is 2. The zero-order chi connectivity index (χ0) is 6.97. The Kier molecular flexibility index (Phi) is 0.974. The van der Waals surface area contributed by atoms with Crippen LogP contribution in [0, 0.1) is 0 Å². The van der Waals surface area contributed by atoms with E-state index in [1.807, 2.05) is 12.1 Å². The minimum Gasteiger partial charge on any atom is -0.267 e. The van der Waals surface area contributed by atoms with E-state index in [0.29, 0.717) is 0 Å². The molecule has 1 aromatic rings. The van der Waals surface area contributed by atoms with Crippen molar-refractivity contribution in [1.29, 1.82) is 0 Å². The summed E-state index contributed by atoms with van der Waals surface area (Å²) < 4.78 is 1.42. The van der Waals surface area contributed by atoms with Gasteiger partial charge in [0.25, 0.3) is 5.91 Å². The van der Waals surface area contributed by atoms with Gasteiger partial charge in [0.05, 0.1) is 5.69 Å². The molecule has 0 fully saturated rings. The normalized spacial score (nSPS) is 15.4. The van der Waals surface area contributed by atoms with Crippen molar-refractivity contribution < 1.29 is 4.79 Å². The highest BCUT2D eigenvalue weighted by atomic mass is 16.2. The van der Waals surface area contributed by atoms with Crippen LogP contribution in [0.25, 0.3) is 0 Å². The molecule has 0 spiro atoms. The van der Waals surface area contributed by atoms with Gasteiger partial charge in [0.2, 0.25) is 0 Å². The summed E-state index contributed by atoms with van der Waals surface area (Å²) >= 11 is 0. The topological polar surface area (TPSA) is 34.9 Å². The Balaban J connectivity index is 2.58. The molecule has 1 aliphatic heterocycles. The van der Waals surface area contributed by atoms with Crippen LogP contribution in [0.15, 0.2) is 24.4 Å². The summed E-state index contributed by atoms with van der Waals surface area (Å²) in [6.07, 6.45) is 5.84. The minimum absolute atomic E-state index is 0.0498. The van der Waals surface area contributed by atoms with Gasteiger partial charge in [0.1, 0.15) is 0 Å². The summed E-state index contributed by atoms with van der Waals surface area (Å²) in [5, 5.41) is 3.85. The second-order valence-electron chi connectivity index (χ2n) is 2.18. The molecule has 0 radical (unpaired) electrons. The molecule has 1 aromatic heterocycles. The van der Waals surface area contributed by atoms with Gasteiger partial charge < -0.3 is 0 Å². The van der Waals surface area contributed by atoms with Crippen LogP contribution in [0.2, 0.25) is 0 Å². The molecule has 2 heterocycles. The van der Waals surface area contributed by atoms with Crippen LogP contribution in [-0.2, 0) is 6.42 Å². The molecule has 0 saturated carbocycles. The molecule has 0 aliphatic carbocycles. The summed E-state index contributed by atoms with van der Waals surface area (Å²) in [6, 6.07) is 1.85. The van der Waals surface area contributed by atoms with Crippen molar-refractivity contribution in [3.05, 3.63) is 30.1 Å². The Morgan fingerprint density at radius 1 is 1.60 bits per heavy atom. The van der Waals surface area contributed by atoms with E-state index in [4.69, 9.17) is 0 Å². The molecule has 2 rings (SSSR count). The maximum Gasteiger partial charge on any atom is 0.270 e. The first-order valence-electron chi connectivity index (χ1n) is 3.12. The number of fused-ring (bicyclic) bond motifs is 1.